The van der Waals surface area contributed by atoms with Gasteiger partial charge in [0.15, 0.2) is 0 Å². The Morgan fingerprint density at radius 3 is 2.59 bits per heavy atom. The quantitative estimate of drug-likeness (QED) is 0.873. The molecule has 0 saturated heterocycles. The summed E-state index contributed by atoms with van der Waals surface area (Å²) in [5.74, 6) is -1.82. The number of fused-ring (bicyclic) bond motifs is 1. The number of aromatic amines is 1. The van der Waals surface area contributed by atoms with Gasteiger partial charge in [-0.3, -0.25) is 9.89 Å². The average molecular weight is 330 g/mol. The third-order valence-corrected chi connectivity index (χ3v) is 3.83. The molecule has 0 spiro atoms. The smallest absolute Gasteiger partial charge is 0.330 e. The van der Waals surface area contributed by atoms with Crippen molar-refractivity contribution in [2.75, 3.05) is 6.54 Å². The highest BCUT2D eigenvalue weighted by molar-refractivity contribution is 6.30. The Morgan fingerprint density at radius 2 is 1.95 bits per heavy atom. The van der Waals surface area contributed by atoms with Crippen molar-refractivity contribution >= 4 is 17.5 Å². The Labute approximate surface area is 128 Å². The van der Waals surface area contributed by atoms with Crippen molar-refractivity contribution in [3.8, 4) is 11.3 Å². The molecule has 0 fully saturated rings. The topological polar surface area (TPSA) is 49.0 Å². The molecule has 1 aromatic heterocycles. The first-order valence-corrected chi connectivity index (χ1v) is 6.92. The number of carbonyl (C=O) groups excluding carboxylic acids is 1. The number of H-pyrrole nitrogens is 1. The van der Waals surface area contributed by atoms with E-state index in [1.165, 1.54) is 0 Å². The summed E-state index contributed by atoms with van der Waals surface area (Å²) in [5, 5.41) is 7.56. The second-order valence-corrected chi connectivity index (χ2v) is 5.45. The summed E-state index contributed by atoms with van der Waals surface area (Å²) in [5.41, 5.74) is 2.66. The van der Waals surface area contributed by atoms with Crippen molar-refractivity contribution in [3.63, 3.8) is 0 Å². The summed E-state index contributed by atoms with van der Waals surface area (Å²) >= 11 is 5.83. The van der Waals surface area contributed by atoms with Gasteiger partial charge >= 0.3 is 12.1 Å². The van der Waals surface area contributed by atoms with E-state index < -0.39 is 12.1 Å². The molecule has 4 nitrogen and oxygen atoms in total. The van der Waals surface area contributed by atoms with Gasteiger partial charge in [-0.2, -0.15) is 18.3 Å². The summed E-state index contributed by atoms with van der Waals surface area (Å²) < 4.78 is 37.7. The van der Waals surface area contributed by atoms with Gasteiger partial charge in [-0.15, -0.1) is 0 Å². The highest BCUT2D eigenvalue weighted by Gasteiger charge is 2.43. The normalized spacial score (nSPS) is 14.8. The van der Waals surface area contributed by atoms with Crippen LogP contribution in [0.4, 0.5) is 13.2 Å². The molecule has 1 N–H and O–H groups in total. The fourth-order valence-corrected chi connectivity index (χ4v) is 2.62. The molecule has 0 unspecified atom stereocenters. The largest absolute Gasteiger partial charge is 0.471 e. The molecule has 0 aliphatic carbocycles. The van der Waals surface area contributed by atoms with Crippen LogP contribution >= 0.6 is 11.6 Å². The molecule has 1 aliphatic rings. The number of rotatable bonds is 1. The minimum Gasteiger partial charge on any atom is -0.330 e. The molecule has 0 saturated carbocycles. The van der Waals surface area contributed by atoms with Crippen molar-refractivity contribution in [3.05, 3.63) is 40.5 Å². The highest BCUT2D eigenvalue weighted by atomic mass is 35.5. The first-order valence-electron chi connectivity index (χ1n) is 6.54. The Balaban J connectivity index is 1.92. The first-order chi connectivity index (χ1) is 10.4. The number of aromatic nitrogens is 2. The van der Waals surface area contributed by atoms with Crippen LogP contribution in [-0.2, 0) is 17.8 Å². The average Bonchev–Trinajstić information content (AvgIpc) is 2.89. The van der Waals surface area contributed by atoms with Crippen LogP contribution < -0.4 is 0 Å². The lowest BCUT2D eigenvalue weighted by atomic mass is 10.0. The molecule has 1 amide bonds. The Bertz CT molecular complexity index is 709. The summed E-state index contributed by atoms with van der Waals surface area (Å²) in [7, 11) is 0. The number of hydrogen-bond donors (Lipinski definition) is 1. The Hall–Kier alpha value is -2.02. The molecule has 2 heterocycles. The van der Waals surface area contributed by atoms with E-state index in [0.29, 0.717) is 22.7 Å². The maximum atomic E-state index is 12.6. The molecule has 3 rings (SSSR count). The van der Waals surface area contributed by atoms with Gasteiger partial charge in [0.2, 0.25) is 0 Å². The molecular weight excluding hydrogens is 319 g/mol. The molecule has 0 radical (unpaired) electrons. The van der Waals surface area contributed by atoms with E-state index in [9.17, 15) is 18.0 Å². The zero-order chi connectivity index (χ0) is 15.9. The number of hydrogen-bond acceptors (Lipinski definition) is 2. The standard InChI is InChI=1S/C14H11ClF3N3O/c15-9-3-1-8(2-4-9)12-10-7-21(13(22)14(16,17)18)6-5-11(10)19-20-12/h1-4H,5-7H2,(H,19,20). The molecule has 116 valence electrons. The van der Waals surface area contributed by atoms with E-state index in [1.54, 1.807) is 24.3 Å². The number of nitrogens with one attached hydrogen (secondary N) is 1. The van der Waals surface area contributed by atoms with Crippen molar-refractivity contribution in [2.45, 2.75) is 19.1 Å². The molecule has 1 aliphatic heterocycles. The maximum Gasteiger partial charge on any atom is 0.471 e. The minimum atomic E-state index is -4.86. The molecule has 0 bridgehead atoms. The summed E-state index contributed by atoms with van der Waals surface area (Å²) in [6.45, 7) is -0.0876. The zero-order valence-electron chi connectivity index (χ0n) is 11.2. The van der Waals surface area contributed by atoms with Crippen LogP contribution in [0.1, 0.15) is 11.3 Å². The van der Waals surface area contributed by atoms with Gasteiger partial charge in [-0.25, -0.2) is 0 Å². The number of benzene rings is 1. The molecule has 8 heteroatoms. The predicted molar refractivity (Wildman–Crippen MR) is 74.2 cm³/mol. The van der Waals surface area contributed by atoms with Gasteiger partial charge in [0.1, 0.15) is 0 Å². The predicted octanol–water partition coefficient (Wildman–Crippen LogP) is 3.18. The number of halogens is 4. The third kappa shape index (κ3) is 2.68. The lowest BCUT2D eigenvalue weighted by molar-refractivity contribution is -0.186. The lowest BCUT2D eigenvalue weighted by Gasteiger charge is -2.27. The molecule has 22 heavy (non-hydrogen) atoms. The number of amides is 1. The van der Waals surface area contributed by atoms with Crippen molar-refractivity contribution in [2.24, 2.45) is 0 Å². The Kier molecular flexibility index (Phi) is 3.60. The SMILES string of the molecule is O=C(N1CCc2[nH]nc(-c3ccc(Cl)cc3)c2C1)C(F)(F)F. The van der Waals surface area contributed by atoms with Crippen LogP contribution in [-0.4, -0.2) is 33.7 Å². The minimum absolute atomic E-state index is 0.0214. The second kappa shape index (κ2) is 5.31. The van der Waals surface area contributed by atoms with Crippen LogP contribution in [0.3, 0.4) is 0 Å². The van der Waals surface area contributed by atoms with Gasteiger partial charge in [-0.05, 0) is 12.1 Å². The highest BCUT2D eigenvalue weighted by Crippen LogP contribution is 2.30. The molecule has 2 aromatic rings. The van der Waals surface area contributed by atoms with Gasteiger partial charge in [0.05, 0.1) is 5.69 Å². The molecular formula is C14H11ClF3N3O. The monoisotopic (exact) mass is 329 g/mol. The first kappa shape index (κ1) is 14.9. The fraction of sp³-hybridized carbons (Fsp3) is 0.286. The number of carbonyl (C=O) groups is 1. The van der Waals surface area contributed by atoms with Crippen molar-refractivity contribution in [1.82, 2.24) is 15.1 Å². The van der Waals surface area contributed by atoms with E-state index >= 15 is 0 Å². The van der Waals surface area contributed by atoms with Crippen molar-refractivity contribution in [1.29, 1.82) is 0 Å². The third-order valence-electron chi connectivity index (χ3n) is 3.58. The summed E-state index contributed by atoms with van der Waals surface area (Å²) in [4.78, 5) is 12.2. The van der Waals surface area contributed by atoms with E-state index in [2.05, 4.69) is 10.2 Å². The maximum absolute atomic E-state index is 12.6. The second-order valence-electron chi connectivity index (χ2n) is 5.01. The number of alkyl halides is 3. The molecule has 0 atom stereocenters. The van der Waals surface area contributed by atoms with Crippen LogP contribution in [0.2, 0.25) is 5.02 Å². The Morgan fingerprint density at radius 1 is 1.27 bits per heavy atom. The van der Waals surface area contributed by atoms with E-state index in [0.717, 1.165) is 16.2 Å². The van der Waals surface area contributed by atoms with Crippen molar-refractivity contribution < 1.29 is 18.0 Å². The number of nitrogens with zero attached hydrogens (tertiary/aromatic N) is 2. The summed E-state index contributed by atoms with van der Waals surface area (Å²) in [6, 6.07) is 6.84. The fourth-order valence-electron chi connectivity index (χ4n) is 2.49. The van der Waals surface area contributed by atoms with Gasteiger partial charge in [-0.1, -0.05) is 23.7 Å². The van der Waals surface area contributed by atoms with Gasteiger partial charge in [0.25, 0.3) is 0 Å². The van der Waals surface area contributed by atoms with Crippen LogP contribution in [0.25, 0.3) is 11.3 Å². The van der Waals surface area contributed by atoms with Crippen LogP contribution in [0.15, 0.2) is 24.3 Å². The van der Waals surface area contributed by atoms with Gasteiger partial charge in [0, 0.05) is 41.4 Å². The van der Waals surface area contributed by atoms with Crippen LogP contribution in [0, 0.1) is 0 Å². The van der Waals surface area contributed by atoms with Gasteiger partial charge < -0.3 is 4.90 Å². The lowest BCUT2D eigenvalue weighted by Crippen LogP contribution is -2.43. The summed E-state index contributed by atoms with van der Waals surface area (Å²) in [6.07, 6.45) is -4.54. The zero-order valence-corrected chi connectivity index (χ0v) is 12.0. The van der Waals surface area contributed by atoms with E-state index in [-0.39, 0.29) is 13.1 Å². The molecule has 1 aromatic carbocycles. The van der Waals surface area contributed by atoms with E-state index in [1.807, 2.05) is 0 Å². The van der Waals surface area contributed by atoms with E-state index in [4.69, 9.17) is 11.6 Å². The van der Waals surface area contributed by atoms with Crippen LogP contribution in [0.5, 0.6) is 0 Å².